The van der Waals surface area contributed by atoms with Crippen molar-refractivity contribution >= 4 is 27.8 Å². The number of nitrogens with one attached hydrogen (secondary N) is 1. The molecule has 29 heavy (non-hydrogen) atoms. The zero-order valence-electron chi connectivity index (χ0n) is 17.4. The molecule has 1 aliphatic rings. The number of pyridine rings is 1. The Morgan fingerprint density at radius 3 is 3.03 bits per heavy atom. The maximum absolute atomic E-state index is 6.10. The van der Waals surface area contributed by atoms with Gasteiger partial charge in [-0.1, -0.05) is 6.07 Å². The fourth-order valence-electron chi connectivity index (χ4n) is 4.26. The average molecular weight is 398 g/mol. The Hall–Kier alpha value is -2.22. The van der Waals surface area contributed by atoms with E-state index in [0.29, 0.717) is 23.9 Å². The van der Waals surface area contributed by atoms with Crippen molar-refractivity contribution in [2.75, 3.05) is 46.2 Å². The van der Waals surface area contributed by atoms with Crippen molar-refractivity contribution in [1.29, 1.82) is 0 Å². The number of imidazole rings is 1. The highest BCUT2D eigenvalue weighted by Gasteiger charge is 2.17. The minimum absolute atomic E-state index is 0.420. The lowest BCUT2D eigenvalue weighted by Crippen LogP contribution is -2.34. The number of likely N-dealkylation sites (tertiary alicyclic amines) is 1. The van der Waals surface area contributed by atoms with Crippen LogP contribution in [0.5, 0.6) is 0 Å². The lowest BCUT2D eigenvalue weighted by molar-refractivity contribution is 0.0663. The topological polar surface area (TPSA) is 89.3 Å². The van der Waals surface area contributed by atoms with Crippen LogP contribution < -0.4 is 5.73 Å². The number of aromatic amines is 1. The maximum Gasteiger partial charge on any atom is 0.152 e. The highest BCUT2D eigenvalue weighted by atomic mass is 16.5. The van der Waals surface area contributed by atoms with Gasteiger partial charge in [-0.25, -0.2) is 9.97 Å². The van der Waals surface area contributed by atoms with Crippen LogP contribution in [0.25, 0.3) is 21.9 Å². The molecular weight excluding hydrogens is 366 g/mol. The molecule has 3 N–H and O–H groups in total. The Bertz CT molecular complexity index is 971. The second-order valence-corrected chi connectivity index (χ2v) is 8.14. The quantitative estimate of drug-likeness (QED) is 0.568. The Morgan fingerprint density at radius 2 is 2.21 bits per heavy atom. The summed E-state index contributed by atoms with van der Waals surface area (Å²) >= 11 is 0. The summed E-state index contributed by atoms with van der Waals surface area (Å²) in [5, 5.41) is 1.05. The molecule has 3 heterocycles. The van der Waals surface area contributed by atoms with E-state index in [1.54, 1.807) is 7.11 Å². The van der Waals surface area contributed by atoms with Crippen LogP contribution in [0.15, 0.2) is 18.2 Å². The van der Waals surface area contributed by atoms with Gasteiger partial charge in [0.15, 0.2) is 5.82 Å². The molecule has 7 heteroatoms. The number of aromatic nitrogens is 3. The maximum atomic E-state index is 6.10. The van der Waals surface area contributed by atoms with Gasteiger partial charge in [0.2, 0.25) is 0 Å². The van der Waals surface area contributed by atoms with Crippen molar-refractivity contribution in [2.24, 2.45) is 5.92 Å². The number of aryl methyl sites for hydroxylation is 1. The Labute approximate surface area is 171 Å². The normalized spacial score (nSPS) is 18.1. The number of benzene rings is 1. The lowest BCUT2D eigenvalue weighted by atomic mass is 10.00. The van der Waals surface area contributed by atoms with Crippen molar-refractivity contribution < 1.29 is 9.47 Å². The summed E-state index contributed by atoms with van der Waals surface area (Å²) in [4.78, 5) is 14.8. The zero-order valence-corrected chi connectivity index (χ0v) is 17.4. The summed E-state index contributed by atoms with van der Waals surface area (Å²) < 4.78 is 11.1. The number of nitrogens with two attached hydrogens (primary N) is 1. The number of hydrogen-bond acceptors (Lipinski definition) is 6. The Morgan fingerprint density at radius 1 is 1.31 bits per heavy atom. The molecule has 1 fully saturated rings. The van der Waals surface area contributed by atoms with Crippen LogP contribution in [0.2, 0.25) is 0 Å². The van der Waals surface area contributed by atoms with Crippen molar-refractivity contribution in [1.82, 2.24) is 19.9 Å². The predicted molar refractivity (Wildman–Crippen MR) is 116 cm³/mol. The molecule has 0 spiro atoms. The van der Waals surface area contributed by atoms with E-state index in [1.165, 1.54) is 24.9 Å². The van der Waals surface area contributed by atoms with Crippen LogP contribution in [-0.2, 0) is 22.5 Å². The summed E-state index contributed by atoms with van der Waals surface area (Å²) in [5.41, 5.74) is 9.89. The third-order valence-corrected chi connectivity index (χ3v) is 5.68. The van der Waals surface area contributed by atoms with Crippen molar-refractivity contribution in [3.05, 3.63) is 29.6 Å². The van der Waals surface area contributed by atoms with Gasteiger partial charge in [0.25, 0.3) is 0 Å². The number of methoxy groups -OCH3 is 1. The number of ether oxygens (including phenoxy) is 2. The van der Waals surface area contributed by atoms with Gasteiger partial charge in [-0.05, 0) is 62.9 Å². The number of anilines is 1. The summed E-state index contributed by atoms with van der Waals surface area (Å²) in [5.74, 6) is 1.89. The highest BCUT2D eigenvalue weighted by Crippen LogP contribution is 2.27. The van der Waals surface area contributed by atoms with Crippen LogP contribution in [0.1, 0.15) is 30.7 Å². The van der Waals surface area contributed by atoms with E-state index >= 15 is 0 Å². The lowest BCUT2D eigenvalue weighted by Gasteiger charge is -2.29. The second-order valence-electron chi connectivity index (χ2n) is 8.14. The van der Waals surface area contributed by atoms with Crippen LogP contribution in [-0.4, -0.2) is 60.3 Å². The average Bonchev–Trinajstić information content (AvgIpc) is 3.13. The first-order valence-electron chi connectivity index (χ1n) is 10.5. The van der Waals surface area contributed by atoms with Crippen molar-refractivity contribution in [3.8, 4) is 0 Å². The standard InChI is InChI=1S/C22H31N5O2/c1-27-9-3-5-16(12-27)13-29-10-4-6-15-7-8-18-17(11-15)20-21(22(23)24-18)26-19(25-20)14-28-2/h7-8,11,16H,3-6,9-10,12-14H2,1-2H3,(H2,23,24)(H,25,26). The van der Waals surface area contributed by atoms with Gasteiger partial charge in [0.1, 0.15) is 17.9 Å². The molecule has 1 atom stereocenters. The fourth-order valence-corrected chi connectivity index (χ4v) is 4.26. The molecule has 0 bridgehead atoms. The number of fused-ring (bicyclic) bond motifs is 3. The molecule has 1 aliphatic heterocycles. The summed E-state index contributed by atoms with van der Waals surface area (Å²) in [7, 11) is 3.85. The monoisotopic (exact) mass is 397 g/mol. The first-order valence-corrected chi connectivity index (χ1v) is 10.5. The minimum atomic E-state index is 0.420. The van der Waals surface area contributed by atoms with Crippen molar-refractivity contribution in [2.45, 2.75) is 32.3 Å². The van der Waals surface area contributed by atoms with Gasteiger partial charge in [0, 0.05) is 25.6 Å². The third kappa shape index (κ3) is 4.69. The molecule has 3 aromatic rings. The van der Waals surface area contributed by atoms with Gasteiger partial charge in [-0.3, -0.25) is 0 Å². The van der Waals surface area contributed by atoms with E-state index < -0.39 is 0 Å². The molecule has 0 radical (unpaired) electrons. The Kier molecular flexibility index (Phi) is 6.28. The van der Waals surface area contributed by atoms with E-state index in [2.05, 4.69) is 39.0 Å². The molecule has 4 rings (SSSR count). The molecule has 7 nitrogen and oxygen atoms in total. The predicted octanol–water partition coefficient (Wildman–Crippen LogP) is 3.13. The third-order valence-electron chi connectivity index (χ3n) is 5.68. The molecule has 0 amide bonds. The minimum Gasteiger partial charge on any atom is -0.382 e. The van der Waals surface area contributed by atoms with Crippen LogP contribution >= 0.6 is 0 Å². The zero-order chi connectivity index (χ0) is 20.2. The van der Waals surface area contributed by atoms with Gasteiger partial charge in [-0.15, -0.1) is 0 Å². The first-order chi connectivity index (χ1) is 14.1. The largest absolute Gasteiger partial charge is 0.382 e. The number of H-pyrrole nitrogens is 1. The number of piperidine rings is 1. The van der Waals surface area contributed by atoms with E-state index in [1.807, 2.05) is 6.07 Å². The first kappa shape index (κ1) is 20.1. The number of nitrogens with zero attached hydrogens (tertiary/aromatic N) is 3. The van der Waals surface area contributed by atoms with Gasteiger partial charge < -0.3 is 25.1 Å². The van der Waals surface area contributed by atoms with Crippen molar-refractivity contribution in [3.63, 3.8) is 0 Å². The molecule has 1 unspecified atom stereocenters. The molecule has 1 saturated heterocycles. The molecule has 156 valence electrons. The van der Waals surface area contributed by atoms with E-state index in [-0.39, 0.29) is 0 Å². The Balaban J connectivity index is 1.39. The van der Waals surface area contributed by atoms with Gasteiger partial charge >= 0.3 is 0 Å². The smallest absolute Gasteiger partial charge is 0.152 e. The SMILES string of the molecule is COCc1nc2c(N)nc3ccc(CCCOCC4CCCN(C)C4)cc3c2[nH]1. The number of rotatable bonds is 8. The molecular formula is C22H31N5O2. The van der Waals surface area contributed by atoms with Gasteiger partial charge in [0.05, 0.1) is 17.6 Å². The van der Waals surface area contributed by atoms with Gasteiger partial charge in [-0.2, -0.15) is 0 Å². The molecule has 0 aliphatic carbocycles. The van der Waals surface area contributed by atoms with Crippen LogP contribution in [0, 0.1) is 5.92 Å². The second kappa shape index (κ2) is 9.07. The van der Waals surface area contributed by atoms with E-state index in [0.717, 1.165) is 54.8 Å². The number of hydrogen-bond donors (Lipinski definition) is 2. The molecule has 2 aromatic heterocycles. The number of nitrogen functional groups attached to an aromatic ring is 1. The fraction of sp³-hybridized carbons (Fsp3) is 0.545. The summed E-state index contributed by atoms with van der Waals surface area (Å²) in [6.07, 6.45) is 4.56. The van der Waals surface area contributed by atoms with E-state index in [9.17, 15) is 0 Å². The molecule has 1 aromatic carbocycles. The summed E-state index contributed by atoms with van der Waals surface area (Å²) in [6, 6.07) is 6.36. The van der Waals surface area contributed by atoms with Crippen LogP contribution in [0.4, 0.5) is 5.82 Å². The highest BCUT2D eigenvalue weighted by molar-refractivity contribution is 6.06. The van der Waals surface area contributed by atoms with Crippen LogP contribution in [0.3, 0.4) is 0 Å². The van der Waals surface area contributed by atoms with E-state index in [4.69, 9.17) is 15.2 Å². The summed E-state index contributed by atoms with van der Waals surface area (Å²) in [6.45, 7) is 4.48. The molecule has 0 saturated carbocycles.